The van der Waals surface area contributed by atoms with Crippen molar-refractivity contribution in [1.82, 2.24) is 0 Å². The van der Waals surface area contributed by atoms with Gasteiger partial charge >= 0.3 is 25.7 Å². The zero-order valence-electron chi connectivity index (χ0n) is 20.1. The van der Waals surface area contributed by atoms with Gasteiger partial charge in [-0.05, 0) is 66.2 Å². The Morgan fingerprint density at radius 3 is 1.62 bits per heavy atom. The van der Waals surface area contributed by atoms with Crippen molar-refractivity contribution in [3.8, 4) is 0 Å². The lowest BCUT2D eigenvalue weighted by Crippen LogP contribution is -2.48. The van der Waals surface area contributed by atoms with Crippen molar-refractivity contribution < 1.29 is 25.9 Å². The molecule has 0 amide bonds. The van der Waals surface area contributed by atoms with Gasteiger partial charge in [0, 0.05) is 0 Å². The molecule has 0 fully saturated rings. The van der Waals surface area contributed by atoms with Crippen LogP contribution in [0.4, 0.5) is 0 Å². The summed E-state index contributed by atoms with van der Waals surface area (Å²) in [6, 6.07) is 0. The highest BCUT2D eigenvalue weighted by Crippen LogP contribution is 2.19. The highest BCUT2D eigenvalue weighted by atomic mass is 28.4. The summed E-state index contributed by atoms with van der Waals surface area (Å²) >= 11 is 0. The lowest BCUT2D eigenvalue weighted by molar-refractivity contribution is 0.0462. The van der Waals surface area contributed by atoms with Gasteiger partial charge in [0.05, 0.1) is 25.4 Å². The quantitative estimate of drug-likeness (QED) is 0.291. The van der Waals surface area contributed by atoms with Crippen LogP contribution >= 0.6 is 0 Å². The second-order valence-electron chi connectivity index (χ2n) is 9.01. The second kappa shape index (κ2) is 12.4. The molecule has 2 atom stereocenters. The molecule has 0 saturated carbocycles. The van der Waals surface area contributed by atoms with E-state index < -0.39 is 34.0 Å². The van der Waals surface area contributed by atoms with E-state index in [0.29, 0.717) is 13.2 Å². The molecule has 0 aliphatic carbocycles. The van der Waals surface area contributed by atoms with Crippen LogP contribution in [-0.2, 0) is 25.9 Å². The van der Waals surface area contributed by atoms with E-state index in [4.69, 9.17) is 25.9 Å². The summed E-state index contributed by atoms with van der Waals surface area (Å²) < 4.78 is 36.5. The molecule has 0 aromatic rings. The van der Waals surface area contributed by atoms with Gasteiger partial charge in [-0.2, -0.15) is 0 Å². The van der Waals surface area contributed by atoms with E-state index in [1.54, 1.807) is 5.70 Å². The Bertz CT molecular complexity index is 513. The van der Waals surface area contributed by atoms with Crippen LogP contribution in [0.2, 0.25) is 52.4 Å². The van der Waals surface area contributed by atoms with Crippen molar-refractivity contribution >= 4 is 43.8 Å². The Morgan fingerprint density at radius 2 is 1.21 bits per heavy atom. The van der Waals surface area contributed by atoms with Gasteiger partial charge in [-0.3, -0.25) is 0 Å². The largest absolute Gasteiger partial charge is 0.433 e. The molecule has 0 aliphatic rings. The first-order valence-electron chi connectivity index (χ1n) is 10.0. The predicted octanol–water partition coefficient (Wildman–Crippen LogP) is 4.66. The highest BCUT2D eigenvalue weighted by Gasteiger charge is 2.35. The average Bonchev–Trinajstić information content (AvgIpc) is 2.55. The monoisotopic (exact) mass is 494 g/mol. The van der Waals surface area contributed by atoms with E-state index >= 15 is 0 Å². The van der Waals surface area contributed by atoms with Gasteiger partial charge in [0.1, 0.15) is 0 Å². The molecule has 0 aromatic carbocycles. The summed E-state index contributed by atoms with van der Waals surface area (Å²) in [6.07, 6.45) is -0.141. The van der Waals surface area contributed by atoms with E-state index in [0.717, 1.165) is 0 Å². The number of hydrogen-bond donors (Lipinski definition) is 0. The molecule has 0 N–H and O–H groups in total. The molecule has 0 bridgehead atoms. The molecule has 29 heavy (non-hydrogen) atoms. The fourth-order valence-electron chi connectivity index (χ4n) is 2.62. The number of rotatable bonds is 16. The number of hydrogen-bond acceptors (Lipinski definition) is 6. The summed E-state index contributed by atoms with van der Waals surface area (Å²) in [6.45, 7) is 29.1. The minimum atomic E-state index is -2.33. The molecule has 2 radical (unpaired) electrons. The first-order chi connectivity index (χ1) is 13.0. The zero-order valence-corrected chi connectivity index (χ0v) is 25.1. The van der Waals surface area contributed by atoms with Gasteiger partial charge in [0.15, 0.2) is 8.32 Å². The maximum atomic E-state index is 6.24. The standard InChI is InChI=1S/C18H42O6Si5/c1-13-25-23-27(7,8)19-15-17(3)21-29(11,12)22-18(4)16-20-28(9,10)24-26(5,6)14-2/h13-14,17-18H,1-2,15-16H2,3-12H3. The van der Waals surface area contributed by atoms with Crippen LogP contribution in [0.3, 0.4) is 0 Å². The van der Waals surface area contributed by atoms with Crippen LogP contribution in [0.5, 0.6) is 0 Å². The van der Waals surface area contributed by atoms with E-state index in [2.05, 4.69) is 39.3 Å². The van der Waals surface area contributed by atoms with Crippen molar-refractivity contribution in [2.75, 3.05) is 13.2 Å². The Labute approximate surface area is 185 Å². The second-order valence-corrected chi connectivity index (χ2v) is 24.4. The zero-order chi connectivity index (χ0) is 22.9. The minimum absolute atomic E-state index is 0.0687. The summed E-state index contributed by atoms with van der Waals surface area (Å²) in [7, 11) is -8.31. The molecular formula is C18H42O6Si5. The van der Waals surface area contributed by atoms with Crippen LogP contribution in [0.15, 0.2) is 24.6 Å². The maximum Gasteiger partial charge on any atom is 0.332 e. The average molecular weight is 495 g/mol. The van der Waals surface area contributed by atoms with Crippen LogP contribution < -0.4 is 0 Å². The molecule has 170 valence electrons. The van der Waals surface area contributed by atoms with Gasteiger partial charge in [0.25, 0.3) is 0 Å². The van der Waals surface area contributed by atoms with Gasteiger partial charge in [0.2, 0.25) is 9.76 Å². The van der Waals surface area contributed by atoms with Crippen LogP contribution in [-0.4, -0.2) is 69.2 Å². The Morgan fingerprint density at radius 1 is 0.759 bits per heavy atom. The maximum absolute atomic E-state index is 6.24. The van der Waals surface area contributed by atoms with Gasteiger partial charge in [-0.1, -0.05) is 11.4 Å². The SMILES string of the molecule is C=C[Si]O[Si](C)(C)OCC(C)O[Si](C)(C)OC(C)CO[Si](C)(C)O[Si](C)(C)C=C. The predicted molar refractivity (Wildman–Crippen MR) is 131 cm³/mol. The third-order valence-electron chi connectivity index (χ3n) is 3.69. The fraction of sp³-hybridized carbons (Fsp3) is 0.778. The molecule has 11 heteroatoms. The Balaban J connectivity index is 4.47. The van der Waals surface area contributed by atoms with E-state index in [1.807, 2.05) is 45.7 Å². The van der Waals surface area contributed by atoms with Crippen molar-refractivity contribution in [1.29, 1.82) is 0 Å². The smallest absolute Gasteiger partial charge is 0.332 e. The summed E-state index contributed by atoms with van der Waals surface area (Å²) in [5, 5.41) is 0. The summed E-state index contributed by atoms with van der Waals surface area (Å²) in [5.74, 6) is 0. The third-order valence-corrected chi connectivity index (χ3v) is 15.0. The summed E-state index contributed by atoms with van der Waals surface area (Å²) in [5.41, 5.74) is 3.70. The highest BCUT2D eigenvalue weighted by molar-refractivity contribution is 6.85. The lowest BCUT2D eigenvalue weighted by Gasteiger charge is -2.34. The molecule has 0 spiro atoms. The van der Waals surface area contributed by atoms with E-state index in [-0.39, 0.29) is 22.0 Å². The van der Waals surface area contributed by atoms with E-state index in [1.165, 1.54) is 0 Å². The van der Waals surface area contributed by atoms with Gasteiger partial charge in [-0.25, -0.2) is 0 Å². The van der Waals surface area contributed by atoms with Crippen molar-refractivity contribution in [3.63, 3.8) is 0 Å². The fourth-order valence-corrected chi connectivity index (χ4v) is 13.4. The van der Waals surface area contributed by atoms with Gasteiger partial charge in [-0.15, -0.1) is 13.2 Å². The van der Waals surface area contributed by atoms with Crippen molar-refractivity contribution in [2.45, 2.75) is 78.4 Å². The molecule has 0 aliphatic heterocycles. The lowest BCUT2D eigenvalue weighted by atomic mass is 10.5. The first kappa shape index (κ1) is 29.3. The third kappa shape index (κ3) is 14.9. The molecule has 0 rings (SSSR count). The summed E-state index contributed by atoms with van der Waals surface area (Å²) in [4.78, 5) is 0. The molecule has 0 aromatic heterocycles. The molecule has 6 nitrogen and oxygen atoms in total. The minimum Gasteiger partial charge on any atom is -0.433 e. The molecule has 2 unspecified atom stereocenters. The van der Waals surface area contributed by atoms with Gasteiger partial charge < -0.3 is 25.9 Å². The topological polar surface area (TPSA) is 55.4 Å². The molecule has 0 heterocycles. The van der Waals surface area contributed by atoms with Crippen LogP contribution in [0.25, 0.3) is 0 Å². The molecule has 0 saturated heterocycles. The Hall–Kier alpha value is 0.324. The van der Waals surface area contributed by atoms with Crippen LogP contribution in [0, 0.1) is 0 Å². The first-order valence-corrected chi connectivity index (χ1v) is 22.5. The van der Waals surface area contributed by atoms with Crippen molar-refractivity contribution in [3.05, 3.63) is 24.6 Å². The molecular weight excluding hydrogens is 453 g/mol. The van der Waals surface area contributed by atoms with Crippen molar-refractivity contribution in [2.24, 2.45) is 0 Å². The normalized spacial score (nSPS) is 15.8. The van der Waals surface area contributed by atoms with Crippen LogP contribution in [0.1, 0.15) is 13.8 Å². The van der Waals surface area contributed by atoms with E-state index in [9.17, 15) is 0 Å². The Kier molecular flexibility index (Phi) is 12.5.